The van der Waals surface area contributed by atoms with Gasteiger partial charge in [-0.3, -0.25) is 4.90 Å². The van der Waals surface area contributed by atoms with Gasteiger partial charge < -0.3 is 4.74 Å². The zero-order chi connectivity index (χ0) is 9.19. The third-order valence-corrected chi connectivity index (χ3v) is 1.77. The standard InChI is InChI=1S/C8H15F2NO/c1-7(2)12-4-3-11-5-8(9,10)6-11/h7H,3-6H2,1-2H3. The van der Waals surface area contributed by atoms with Crippen LogP contribution in [0.1, 0.15) is 13.8 Å². The number of hydrogen-bond acceptors (Lipinski definition) is 2. The highest BCUT2D eigenvalue weighted by Crippen LogP contribution is 2.25. The van der Waals surface area contributed by atoms with Crippen molar-refractivity contribution in [1.29, 1.82) is 0 Å². The Morgan fingerprint density at radius 1 is 1.42 bits per heavy atom. The molecular formula is C8H15F2NO. The van der Waals surface area contributed by atoms with Crippen molar-refractivity contribution in [3.05, 3.63) is 0 Å². The fourth-order valence-electron chi connectivity index (χ4n) is 1.18. The highest BCUT2D eigenvalue weighted by atomic mass is 19.3. The Labute approximate surface area is 71.5 Å². The van der Waals surface area contributed by atoms with E-state index in [0.29, 0.717) is 13.2 Å². The zero-order valence-electron chi connectivity index (χ0n) is 7.52. The number of hydrogen-bond donors (Lipinski definition) is 0. The molecule has 0 aromatic rings. The average molecular weight is 179 g/mol. The fourth-order valence-corrected chi connectivity index (χ4v) is 1.18. The molecule has 0 aliphatic carbocycles. The highest BCUT2D eigenvalue weighted by molar-refractivity contribution is 4.86. The molecule has 2 nitrogen and oxygen atoms in total. The van der Waals surface area contributed by atoms with Crippen LogP contribution in [0.15, 0.2) is 0 Å². The van der Waals surface area contributed by atoms with Crippen LogP contribution in [0.5, 0.6) is 0 Å². The van der Waals surface area contributed by atoms with Gasteiger partial charge in [-0.15, -0.1) is 0 Å². The van der Waals surface area contributed by atoms with Gasteiger partial charge in [0.1, 0.15) is 0 Å². The van der Waals surface area contributed by atoms with Gasteiger partial charge in [-0.05, 0) is 13.8 Å². The molecule has 0 aromatic heterocycles. The van der Waals surface area contributed by atoms with Gasteiger partial charge in [-0.25, -0.2) is 8.78 Å². The summed E-state index contributed by atoms with van der Waals surface area (Å²) in [6.45, 7) is 4.83. The van der Waals surface area contributed by atoms with E-state index in [4.69, 9.17) is 4.74 Å². The molecule has 0 spiro atoms. The Hall–Kier alpha value is -0.220. The maximum absolute atomic E-state index is 12.3. The summed E-state index contributed by atoms with van der Waals surface area (Å²) >= 11 is 0. The summed E-state index contributed by atoms with van der Waals surface area (Å²) in [6.07, 6.45) is 0.187. The number of halogens is 2. The second kappa shape index (κ2) is 3.66. The predicted molar refractivity (Wildman–Crippen MR) is 42.5 cm³/mol. The third-order valence-electron chi connectivity index (χ3n) is 1.77. The highest BCUT2D eigenvalue weighted by Gasteiger charge is 2.43. The van der Waals surface area contributed by atoms with E-state index in [1.165, 1.54) is 0 Å². The summed E-state index contributed by atoms with van der Waals surface area (Å²) in [6, 6.07) is 0. The van der Waals surface area contributed by atoms with Crippen molar-refractivity contribution in [3.8, 4) is 0 Å². The van der Waals surface area contributed by atoms with Crippen molar-refractivity contribution in [2.24, 2.45) is 0 Å². The average Bonchev–Trinajstić information content (AvgIpc) is 1.82. The molecule has 1 saturated heterocycles. The van der Waals surface area contributed by atoms with Gasteiger partial charge in [0, 0.05) is 6.54 Å². The lowest BCUT2D eigenvalue weighted by Crippen LogP contribution is -2.56. The SMILES string of the molecule is CC(C)OCCN1CC(F)(F)C1. The minimum atomic E-state index is -2.45. The number of alkyl halides is 2. The van der Waals surface area contributed by atoms with E-state index in [0.717, 1.165) is 0 Å². The van der Waals surface area contributed by atoms with Gasteiger partial charge in [0.2, 0.25) is 0 Å². The first kappa shape index (κ1) is 9.86. The van der Waals surface area contributed by atoms with Crippen LogP contribution in [0, 0.1) is 0 Å². The molecule has 0 saturated carbocycles. The molecule has 12 heavy (non-hydrogen) atoms. The van der Waals surface area contributed by atoms with Gasteiger partial charge in [0.15, 0.2) is 0 Å². The Morgan fingerprint density at radius 2 is 2.00 bits per heavy atom. The molecule has 72 valence electrons. The third kappa shape index (κ3) is 3.03. The van der Waals surface area contributed by atoms with Crippen LogP contribution in [0.4, 0.5) is 8.78 Å². The van der Waals surface area contributed by atoms with Crippen LogP contribution in [0.2, 0.25) is 0 Å². The maximum Gasteiger partial charge on any atom is 0.272 e. The number of ether oxygens (including phenoxy) is 1. The molecule has 1 rings (SSSR count). The smallest absolute Gasteiger partial charge is 0.272 e. The van der Waals surface area contributed by atoms with Gasteiger partial charge in [-0.1, -0.05) is 0 Å². The molecule has 0 aromatic carbocycles. The summed E-state index contributed by atoms with van der Waals surface area (Å²) in [4.78, 5) is 1.70. The quantitative estimate of drug-likeness (QED) is 0.646. The van der Waals surface area contributed by atoms with Crippen molar-refractivity contribution in [3.63, 3.8) is 0 Å². The molecule has 0 unspecified atom stereocenters. The second-order valence-corrected chi connectivity index (χ2v) is 3.49. The van der Waals surface area contributed by atoms with E-state index in [1.807, 2.05) is 13.8 Å². The first-order valence-electron chi connectivity index (χ1n) is 4.21. The van der Waals surface area contributed by atoms with Gasteiger partial charge in [-0.2, -0.15) is 0 Å². The number of likely N-dealkylation sites (tertiary alicyclic amines) is 1. The molecule has 0 atom stereocenters. The van der Waals surface area contributed by atoms with Crippen molar-refractivity contribution in [1.82, 2.24) is 4.90 Å². The van der Waals surface area contributed by atoms with Gasteiger partial charge in [0.25, 0.3) is 5.92 Å². The Kier molecular flexibility index (Phi) is 3.01. The summed E-state index contributed by atoms with van der Waals surface area (Å²) in [5.74, 6) is -2.45. The van der Waals surface area contributed by atoms with Crippen molar-refractivity contribution < 1.29 is 13.5 Å². The van der Waals surface area contributed by atoms with Crippen LogP contribution in [0.25, 0.3) is 0 Å². The lowest BCUT2D eigenvalue weighted by molar-refractivity contribution is -0.136. The van der Waals surface area contributed by atoms with Crippen molar-refractivity contribution >= 4 is 0 Å². The Morgan fingerprint density at radius 3 is 2.42 bits per heavy atom. The molecule has 0 N–H and O–H groups in total. The second-order valence-electron chi connectivity index (χ2n) is 3.49. The number of nitrogens with zero attached hydrogens (tertiary/aromatic N) is 1. The molecule has 4 heteroatoms. The molecule has 0 bridgehead atoms. The minimum Gasteiger partial charge on any atom is -0.377 e. The Bertz CT molecular complexity index is 142. The van der Waals surface area contributed by atoms with E-state index in [9.17, 15) is 8.78 Å². The van der Waals surface area contributed by atoms with E-state index in [-0.39, 0.29) is 19.2 Å². The molecule has 1 heterocycles. The van der Waals surface area contributed by atoms with E-state index >= 15 is 0 Å². The topological polar surface area (TPSA) is 12.5 Å². The first-order chi connectivity index (χ1) is 5.49. The monoisotopic (exact) mass is 179 g/mol. The van der Waals surface area contributed by atoms with Crippen LogP contribution < -0.4 is 0 Å². The van der Waals surface area contributed by atoms with Gasteiger partial charge >= 0.3 is 0 Å². The van der Waals surface area contributed by atoms with Crippen LogP contribution in [0.3, 0.4) is 0 Å². The van der Waals surface area contributed by atoms with Crippen molar-refractivity contribution in [2.45, 2.75) is 25.9 Å². The van der Waals surface area contributed by atoms with Crippen molar-refractivity contribution in [2.75, 3.05) is 26.2 Å². The molecular weight excluding hydrogens is 164 g/mol. The van der Waals surface area contributed by atoms with Gasteiger partial charge in [0.05, 0.1) is 25.8 Å². The maximum atomic E-state index is 12.3. The van der Waals surface area contributed by atoms with E-state index in [1.54, 1.807) is 4.90 Å². The summed E-state index contributed by atoms with van der Waals surface area (Å²) < 4.78 is 29.8. The predicted octanol–water partition coefficient (Wildman–Crippen LogP) is 1.36. The van der Waals surface area contributed by atoms with Crippen LogP contribution in [-0.4, -0.2) is 43.2 Å². The summed E-state index contributed by atoms with van der Waals surface area (Å²) in [7, 11) is 0. The molecule has 0 amide bonds. The zero-order valence-corrected chi connectivity index (χ0v) is 7.52. The first-order valence-corrected chi connectivity index (χ1v) is 4.21. The van der Waals surface area contributed by atoms with E-state index < -0.39 is 5.92 Å². The summed E-state index contributed by atoms with van der Waals surface area (Å²) in [5, 5.41) is 0. The largest absolute Gasteiger partial charge is 0.377 e. The van der Waals surface area contributed by atoms with Crippen LogP contribution >= 0.6 is 0 Å². The molecule has 1 aliphatic rings. The molecule has 1 aliphatic heterocycles. The van der Waals surface area contributed by atoms with E-state index in [2.05, 4.69) is 0 Å². The lowest BCUT2D eigenvalue weighted by Gasteiger charge is -2.38. The molecule has 1 fully saturated rings. The minimum absolute atomic E-state index is 0.103. The summed E-state index contributed by atoms with van der Waals surface area (Å²) in [5.41, 5.74) is 0. The Balaban J connectivity index is 1.97. The lowest BCUT2D eigenvalue weighted by atomic mass is 10.1. The van der Waals surface area contributed by atoms with Crippen LogP contribution in [-0.2, 0) is 4.74 Å². The molecule has 0 radical (unpaired) electrons. The normalized spacial score (nSPS) is 22.8. The fraction of sp³-hybridized carbons (Fsp3) is 1.00. The number of rotatable bonds is 4.